The van der Waals surface area contributed by atoms with E-state index >= 15 is 0 Å². The van der Waals surface area contributed by atoms with E-state index < -0.39 is 18.5 Å². The van der Waals surface area contributed by atoms with Crippen LogP contribution in [0.25, 0.3) is 0 Å². The van der Waals surface area contributed by atoms with E-state index in [9.17, 15) is 19.5 Å². The number of aliphatic carboxylic acids is 1. The number of carbonyl (C=O) groups is 3. The van der Waals surface area contributed by atoms with Crippen molar-refractivity contribution in [2.24, 2.45) is 0 Å². The standard InChI is InChI=1S/C13H22O5.Na/c1-11(14)8-6-4-2-3-5-7-9-13(17)18-10-12(15)16;/h2-10H2,1H3,(H,15,16);/q;+1/p-1. The third kappa shape index (κ3) is 17.6. The summed E-state index contributed by atoms with van der Waals surface area (Å²) >= 11 is 0. The molecule has 0 amide bonds. The number of carboxylic acids is 1. The van der Waals surface area contributed by atoms with Crippen LogP contribution in [0.3, 0.4) is 0 Å². The molecule has 0 bridgehead atoms. The number of hydrogen-bond donors (Lipinski definition) is 0. The Kier molecular flexibility index (Phi) is 15.4. The molecule has 6 heteroatoms. The van der Waals surface area contributed by atoms with E-state index in [1.807, 2.05) is 0 Å². The molecule has 19 heavy (non-hydrogen) atoms. The van der Waals surface area contributed by atoms with Gasteiger partial charge in [0.1, 0.15) is 12.4 Å². The second-order valence-electron chi connectivity index (χ2n) is 4.36. The maximum Gasteiger partial charge on any atom is 1.00 e. The zero-order valence-corrected chi connectivity index (χ0v) is 13.9. The normalized spacial score (nSPS) is 9.53. The van der Waals surface area contributed by atoms with Gasteiger partial charge in [-0.15, -0.1) is 0 Å². The fourth-order valence-electron chi connectivity index (χ4n) is 1.56. The van der Waals surface area contributed by atoms with Gasteiger partial charge in [-0.05, 0) is 19.8 Å². The second-order valence-corrected chi connectivity index (χ2v) is 4.36. The molecule has 0 aromatic carbocycles. The van der Waals surface area contributed by atoms with Crippen LogP contribution in [-0.2, 0) is 19.1 Å². The van der Waals surface area contributed by atoms with Crippen LogP contribution in [0.2, 0.25) is 0 Å². The number of Topliss-reactive ketones (excluding diaryl/α,β-unsaturated/α-hetero) is 1. The fourth-order valence-corrected chi connectivity index (χ4v) is 1.56. The van der Waals surface area contributed by atoms with E-state index in [-0.39, 0.29) is 41.8 Å². The van der Waals surface area contributed by atoms with E-state index in [0.717, 1.165) is 32.1 Å². The first-order chi connectivity index (χ1) is 8.52. The Morgan fingerprint density at radius 1 is 0.895 bits per heavy atom. The maximum absolute atomic E-state index is 11.0. The van der Waals surface area contributed by atoms with Gasteiger partial charge in [-0.3, -0.25) is 4.79 Å². The van der Waals surface area contributed by atoms with Gasteiger partial charge in [0, 0.05) is 12.8 Å². The Morgan fingerprint density at radius 2 is 1.37 bits per heavy atom. The molecule has 5 nitrogen and oxygen atoms in total. The number of rotatable bonds is 11. The first-order valence-electron chi connectivity index (χ1n) is 6.37. The van der Waals surface area contributed by atoms with Gasteiger partial charge in [0.2, 0.25) is 0 Å². The zero-order valence-electron chi connectivity index (χ0n) is 11.9. The fraction of sp³-hybridized carbons (Fsp3) is 0.769. The monoisotopic (exact) mass is 280 g/mol. The molecule has 104 valence electrons. The Morgan fingerprint density at radius 3 is 1.84 bits per heavy atom. The van der Waals surface area contributed by atoms with Crippen molar-refractivity contribution in [1.29, 1.82) is 0 Å². The minimum atomic E-state index is -1.38. The van der Waals surface area contributed by atoms with E-state index in [1.54, 1.807) is 6.92 Å². The SMILES string of the molecule is CC(=O)CCCCCCCCC(=O)OCC(=O)[O-].[Na+]. The number of ether oxygens (including phenoxy) is 1. The predicted molar refractivity (Wildman–Crippen MR) is 63.6 cm³/mol. The summed E-state index contributed by atoms with van der Waals surface area (Å²) in [5, 5.41) is 10.0. The Labute approximate surface area is 136 Å². The van der Waals surface area contributed by atoms with Gasteiger partial charge < -0.3 is 19.4 Å². The maximum atomic E-state index is 11.0. The van der Waals surface area contributed by atoms with Crippen molar-refractivity contribution in [3.8, 4) is 0 Å². The summed E-state index contributed by atoms with van der Waals surface area (Å²) in [7, 11) is 0. The van der Waals surface area contributed by atoms with Crippen LogP contribution in [0.5, 0.6) is 0 Å². The van der Waals surface area contributed by atoms with Crippen LogP contribution in [0.15, 0.2) is 0 Å². The third-order valence-corrected chi connectivity index (χ3v) is 2.51. The van der Waals surface area contributed by atoms with Crippen molar-refractivity contribution in [2.45, 2.75) is 58.3 Å². The summed E-state index contributed by atoms with van der Waals surface area (Å²) in [4.78, 5) is 31.7. The molecular weight excluding hydrogens is 259 g/mol. The summed E-state index contributed by atoms with van der Waals surface area (Å²) in [6, 6.07) is 0. The van der Waals surface area contributed by atoms with Gasteiger partial charge in [0.25, 0.3) is 0 Å². The number of unbranched alkanes of at least 4 members (excludes halogenated alkanes) is 5. The number of ketones is 1. The second kappa shape index (κ2) is 14.0. The molecule has 0 aliphatic rings. The number of carbonyl (C=O) groups excluding carboxylic acids is 3. The number of carboxylic acid groups (broad SMARTS) is 1. The molecule has 0 radical (unpaired) electrons. The third-order valence-electron chi connectivity index (χ3n) is 2.51. The van der Waals surface area contributed by atoms with Gasteiger partial charge in [-0.25, -0.2) is 0 Å². The van der Waals surface area contributed by atoms with Crippen LogP contribution < -0.4 is 34.7 Å². The molecule has 0 saturated carbocycles. The summed E-state index contributed by atoms with van der Waals surface area (Å²) < 4.78 is 4.44. The number of esters is 1. The van der Waals surface area contributed by atoms with Crippen molar-refractivity contribution in [2.75, 3.05) is 6.61 Å². The first-order valence-corrected chi connectivity index (χ1v) is 6.37. The summed E-state index contributed by atoms with van der Waals surface area (Å²) in [5.41, 5.74) is 0. The van der Waals surface area contributed by atoms with E-state index in [4.69, 9.17) is 0 Å². The molecule has 0 rings (SSSR count). The van der Waals surface area contributed by atoms with E-state index in [0.29, 0.717) is 12.8 Å². The molecule has 0 unspecified atom stereocenters. The van der Waals surface area contributed by atoms with Crippen molar-refractivity contribution in [3.05, 3.63) is 0 Å². The van der Waals surface area contributed by atoms with Gasteiger partial charge in [-0.1, -0.05) is 25.7 Å². The van der Waals surface area contributed by atoms with Crippen molar-refractivity contribution < 1.29 is 53.8 Å². The number of hydrogen-bond acceptors (Lipinski definition) is 5. The molecule has 0 spiro atoms. The van der Waals surface area contributed by atoms with Crippen molar-refractivity contribution in [3.63, 3.8) is 0 Å². The molecule has 0 aliphatic heterocycles. The average molecular weight is 280 g/mol. The van der Waals surface area contributed by atoms with Crippen LogP contribution in [0, 0.1) is 0 Å². The molecule has 0 aromatic heterocycles. The van der Waals surface area contributed by atoms with Gasteiger partial charge >= 0.3 is 35.5 Å². The molecule has 0 saturated heterocycles. The molecule has 0 atom stereocenters. The van der Waals surface area contributed by atoms with Crippen LogP contribution in [-0.4, -0.2) is 24.3 Å². The van der Waals surface area contributed by atoms with Crippen molar-refractivity contribution in [1.82, 2.24) is 0 Å². The minimum Gasteiger partial charge on any atom is -0.546 e. The first kappa shape index (κ1) is 20.9. The zero-order chi connectivity index (χ0) is 13.8. The Hall–Kier alpha value is -0.390. The Balaban J connectivity index is 0. The summed E-state index contributed by atoms with van der Waals surface area (Å²) in [6.45, 7) is 0.933. The van der Waals surface area contributed by atoms with Gasteiger partial charge in [0.05, 0.1) is 5.97 Å². The van der Waals surface area contributed by atoms with Gasteiger partial charge in [0.15, 0.2) is 0 Å². The van der Waals surface area contributed by atoms with Crippen molar-refractivity contribution >= 4 is 17.7 Å². The van der Waals surface area contributed by atoms with Gasteiger partial charge in [-0.2, -0.15) is 0 Å². The minimum absolute atomic E-state index is 0. The topological polar surface area (TPSA) is 83.5 Å². The quantitative estimate of drug-likeness (QED) is 0.248. The summed E-state index contributed by atoms with van der Waals surface area (Å²) in [5.74, 6) is -1.64. The predicted octanol–water partition coefficient (Wildman–Crippen LogP) is -2.01. The molecule has 0 N–H and O–H groups in total. The van der Waals surface area contributed by atoms with Crippen LogP contribution in [0.1, 0.15) is 58.3 Å². The smallest absolute Gasteiger partial charge is 0.546 e. The molecule has 0 fully saturated rings. The molecule has 0 heterocycles. The molecule has 0 aliphatic carbocycles. The Bertz CT molecular complexity index is 278. The van der Waals surface area contributed by atoms with E-state index in [2.05, 4.69) is 4.74 Å². The van der Waals surface area contributed by atoms with Crippen LogP contribution >= 0.6 is 0 Å². The van der Waals surface area contributed by atoms with Crippen LogP contribution in [0.4, 0.5) is 0 Å². The summed E-state index contributed by atoms with van der Waals surface area (Å²) in [6.07, 6.45) is 6.57. The largest absolute Gasteiger partial charge is 1.00 e. The van der Waals surface area contributed by atoms with E-state index in [1.165, 1.54) is 0 Å². The average Bonchev–Trinajstić information content (AvgIpc) is 2.29. The molecule has 0 aromatic rings. The molecular formula is C13H21NaO5.